The first kappa shape index (κ1) is 7.66. The number of rotatable bonds is 1. The molecule has 1 aromatic carbocycles. The van der Waals surface area contributed by atoms with Crippen molar-refractivity contribution in [3.8, 4) is 5.75 Å². The molecule has 1 nitrogen and oxygen atoms in total. The quantitative estimate of drug-likeness (QED) is 0.601. The average molecular weight is 161 g/mol. The molecule has 12 heavy (non-hydrogen) atoms. The highest BCUT2D eigenvalue weighted by Crippen LogP contribution is 2.38. The van der Waals surface area contributed by atoms with Crippen molar-refractivity contribution in [3.05, 3.63) is 29.8 Å². The smallest absolute Gasteiger partial charge is 0.182 e. The predicted molar refractivity (Wildman–Crippen MR) is 47.8 cm³/mol. The fourth-order valence-electron chi connectivity index (χ4n) is 2.05. The lowest BCUT2D eigenvalue weighted by molar-refractivity contribution is 0.346. The molecule has 1 fully saturated rings. The Morgan fingerprint density at radius 2 is 1.75 bits per heavy atom. The summed E-state index contributed by atoms with van der Waals surface area (Å²) in [6.45, 7) is 0. The first-order chi connectivity index (χ1) is 5.88. The molecule has 2 rings (SSSR count). The van der Waals surface area contributed by atoms with E-state index in [1.807, 2.05) is 18.2 Å². The van der Waals surface area contributed by atoms with E-state index in [-0.39, 0.29) is 5.75 Å². The third kappa shape index (κ3) is 1.31. The van der Waals surface area contributed by atoms with Gasteiger partial charge in [-0.1, -0.05) is 31.0 Å². The molecular formula is C11H13O. The van der Waals surface area contributed by atoms with Crippen LogP contribution in [0.25, 0.3) is 0 Å². The largest absolute Gasteiger partial charge is 0.290 e. The highest BCUT2D eigenvalue weighted by atomic mass is 16.3. The van der Waals surface area contributed by atoms with Gasteiger partial charge in [-0.25, -0.2) is 0 Å². The van der Waals surface area contributed by atoms with E-state index in [9.17, 15) is 5.11 Å². The van der Waals surface area contributed by atoms with Gasteiger partial charge in [-0.2, -0.15) is 0 Å². The van der Waals surface area contributed by atoms with Gasteiger partial charge in [0.25, 0.3) is 0 Å². The minimum absolute atomic E-state index is 0.226. The first-order valence-corrected chi connectivity index (χ1v) is 4.64. The van der Waals surface area contributed by atoms with Crippen molar-refractivity contribution in [3.63, 3.8) is 0 Å². The molecule has 0 amide bonds. The highest BCUT2D eigenvalue weighted by molar-refractivity contribution is 5.34. The number of benzene rings is 1. The van der Waals surface area contributed by atoms with Crippen LogP contribution in [0.4, 0.5) is 0 Å². The van der Waals surface area contributed by atoms with E-state index in [4.69, 9.17) is 0 Å². The van der Waals surface area contributed by atoms with Gasteiger partial charge in [0.15, 0.2) is 5.75 Å². The van der Waals surface area contributed by atoms with Crippen molar-refractivity contribution in [2.24, 2.45) is 0 Å². The molecule has 0 saturated heterocycles. The predicted octanol–water partition coefficient (Wildman–Crippen LogP) is 3.49. The molecule has 0 heterocycles. The van der Waals surface area contributed by atoms with Gasteiger partial charge in [-0.05, 0) is 24.8 Å². The molecule has 63 valence electrons. The summed E-state index contributed by atoms with van der Waals surface area (Å²) in [6.07, 6.45) is 5.00. The molecule has 1 aromatic rings. The van der Waals surface area contributed by atoms with Gasteiger partial charge >= 0.3 is 0 Å². The van der Waals surface area contributed by atoms with E-state index >= 15 is 0 Å². The minimum Gasteiger partial charge on any atom is -0.290 e. The fraction of sp³-hybridized carbons (Fsp3) is 0.455. The van der Waals surface area contributed by atoms with Crippen molar-refractivity contribution in [2.45, 2.75) is 31.6 Å². The van der Waals surface area contributed by atoms with Gasteiger partial charge in [0.2, 0.25) is 0 Å². The summed E-state index contributed by atoms with van der Waals surface area (Å²) in [7, 11) is 0. The lowest BCUT2D eigenvalue weighted by Gasteiger charge is -2.08. The fourth-order valence-corrected chi connectivity index (χ4v) is 2.05. The van der Waals surface area contributed by atoms with E-state index in [2.05, 4.69) is 0 Å². The van der Waals surface area contributed by atoms with E-state index in [1.54, 1.807) is 6.07 Å². The number of hydrogen-bond donors (Lipinski definition) is 0. The molecular weight excluding hydrogens is 148 g/mol. The molecule has 0 aliphatic heterocycles. The normalized spacial score (nSPS) is 18.3. The van der Waals surface area contributed by atoms with Crippen molar-refractivity contribution in [1.82, 2.24) is 0 Å². The van der Waals surface area contributed by atoms with Crippen LogP contribution in [0.2, 0.25) is 0 Å². The number of para-hydroxylation sites is 1. The zero-order chi connectivity index (χ0) is 8.39. The van der Waals surface area contributed by atoms with Crippen LogP contribution >= 0.6 is 0 Å². The zero-order valence-electron chi connectivity index (χ0n) is 7.12. The van der Waals surface area contributed by atoms with Crippen LogP contribution in [-0.4, -0.2) is 0 Å². The van der Waals surface area contributed by atoms with Crippen LogP contribution in [0.3, 0.4) is 0 Å². The summed E-state index contributed by atoms with van der Waals surface area (Å²) in [5.41, 5.74) is 1.04. The van der Waals surface area contributed by atoms with Gasteiger partial charge in [-0.15, -0.1) is 0 Å². The molecule has 0 unspecified atom stereocenters. The molecule has 0 bridgehead atoms. The molecule has 1 aliphatic carbocycles. The molecule has 0 atom stereocenters. The maximum absolute atomic E-state index is 11.4. The van der Waals surface area contributed by atoms with Gasteiger partial charge in [0.05, 0.1) is 0 Å². The Morgan fingerprint density at radius 1 is 1.08 bits per heavy atom. The summed E-state index contributed by atoms with van der Waals surface area (Å²) in [4.78, 5) is 0. The van der Waals surface area contributed by atoms with Crippen molar-refractivity contribution in [1.29, 1.82) is 0 Å². The van der Waals surface area contributed by atoms with E-state index in [1.165, 1.54) is 25.7 Å². The topological polar surface area (TPSA) is 19.9 Å². The average Bonchev–Trinajstić information content (AvgIpc) is 2.57. The number of hydrogen-bond acceptors (Lipinski definition) is 0. The second-order valence-corrected chi connectivity index (χ2v) is 3.52. The summed E-state index contributed by atoms with van der Waals surface area (Å²) in [5.74, 6) is 0.781. The van der Waals surface area contributed by atoms with Gasteiger partial charge < -0.3 is 0 Å². The Hall–Kier alpha value is -0.980. The Morgan fingerprint density at radius 3 is 2.42 bits per heavy atom. The van der Waals surface area contributed by atoms with Crippen LogP contribution in [0, 0.1) is 0 Å². The van der Waals surface area contributed by atoms with Crippen molar-refractivity contribution < 1.29 is 5.11 Å². The molecule has 0 spiro atoms. The molecule has 0 N–H and O–H groups in total. The third-order valence-corrected chi connectivity index (χ3v) is 2.71. The second kappa shape index (κ2) is 3.18. The van der Waals surface area contributed by atoms with Crippen LogP contribution in [0.1, 0.15) is 37.2 Å². The second-order valence-electron chi connectivity index (χ2n) is 3.52. The first-order valence-electron chi connectivity index (χ1n) is 4.64. The lowest BCUT2D eigenvalue weighted by atomic mass is 9.97. The highest BCUT2D eigenvalue weighted by Gasteiger charge is 2.19. The molecule has 1 aliphatic rings. The zero-order valence-corrected chi connectivity index (χ0v) is 7.12. The molecule has 1 saturated carbocycles. The summed E-state index contributed by atoms with van der Waals surface area (Å²) >= 11 is 0. The SMILES string of the molecule is [O]c1ccccc1C1CCCC1. The Kier molecular flexibility index (Phi) is 2.03. The maximum Gasteiger partial charge on any atom is 0.182 e. The van der Waals surface area contributed by atoms with Gasteiger partial charge in [0.1, 0.15) is 0 Å². The Bertz CT molecular complexity index is 261. The molecule has 0 aromatic heterocycles. The standard InChI is InChI=1S/C11H13O/c12-11-8-4-3-7-10(11)9-5-1-2-6-9/h3-4,7-9H,1-2,5-6H2. The lowest BCUT2D eigenvalue weighted by Crippen LogP contribution is -1.91. The van der Waals surface area contributed by atoms with Crippen molar-refractivity contribution in [2.75, 3.05) is 0 Å². The van der Waals surface area contributed by atoms with Gasteiger partial charge in [0, 0.05) is 5.56 Å². The Labute approximate surface area is 73.0 Å². The van der Waals surface area contributed by atoms with Crippen LogP contribution in [0.15, 0.2) is 24.3 Å². The van der Waals surface area contributed by atoms with Crippen LogP contribution < -0.4 is 0 Å². The Balaban J connectivity index is 2.26. The monoisotopic (exact) mass is 161 g/mol. The summed E-state index contributed by atoms with van der Waals surface area (Å²) in [5, 5.41) is 11.4. The third-order valence-electron chi connectivity index (χ3n) is 2.71. The molecule has 1 heteroatoms. The van der Waals surface area contributed by atoms with Crippen LogP contribution in [-0.2, 0) is 5.11 Å². The molecule has 1 radical (unpaired) electrons. The van der Waals surface area contributed by atoms with E-state index in [0.29, 0.717) is 5.92 Å². The van der Waals surface area contributed by atoms with Crippen LogP contribution in [0.5, 0.6) is 5.75 Å². The summed E-state index contributed by atoms with van der Waals surface area (Å²) in [6, 6.07) is 7.45. The van der Waals surface area contributed by atoms with E-state index in [0.717, 1.165) is 5.56 Å². The summed E-state index contributed by atoms with van der Waals surface area (Å²) < 4.78 is 0. The maximum atomic E-state index is 11.4. The van der Waals surface area contributed by atoms with E-state index < -0.39 is 0 Å². The van der Waals surface area contributed by atoms with Crippen molar-refractivity contribution >= 4 is 0 Å². The minimum atomic E-state index is 0.226. The van der Waals surface area contributed by atoms with Gasteiger partial charge in [-0.3, -0.25) is 5.11 Å².